The second kappa shape index (κ2) is 5.84. The Morgan fingerprint density at radius 3 is 2.63 bits per heavy atom. The van der Waals surface area contributed by atoms with E-state index in [1.165, 1.54) is 12.1 Å². The van der Waals surface area contributed by atoms with Gasteiger partial charge in [0.2, 0.25) is 0 Å². The Balaban J connectivity index is 2.11. The largest absolute Gasteiger partial charge is 0.489 e. The average molecular weight is 325 g/mol. The van der Waals surface area contributed by atoms with Gasteiger partial charge in [0.15, 0.2) is 0 Å². The molecular weight excluding hydrogens is 315 g/mol. The molecule has 0 aliphatic carbocycles. The van der Waals surface area contributed by atoms with E-state index in [-0.39, 0.29) is 12.2 Å². The summed E-state index contributed by atoms with van der Waals surface area (Å²) < 4.78 is 19.8. The molecule has 0 aliphatic rings. The molecular formula is C14H10BrFO3. The summed E-state index contributed by atoms with van der Waals surface area (Å²) in [6.07, 6.45) is 0. The van der Waals surface area contributed by atoms with Gasteiger partial charge in [-0.2, -0.15) is 0 Å². The predicted octanol–water partition coefficient (Wildman–Crippen LogP) is 3.87. The zero-order chi connectivity index (χ0) is 13.8. The number of carboxylic acids is 1. The van der Waals surface area contributed by atoms with E-state index in [4.69, 9.17) is 9.84 Å². The number of hydrogen-bond acceptors (Lipinski definition) is 2. The quantitative estimate of drug-likeness (QED) is 0.928. The fourth-order valence-electron chi connectivity index (χ4n) is 1.54. The lowest BCUT2D eigenvalue weighted by Gasteiger charge is -2.08. The number of benzene rings is 2. The van der Waals surface area contributed by atoms with Crippen LogP contribution in [0.15, 0.2) is 46.9 Å². The van der Waals surface area contributed by atoms with Crippen LogP contribution in [0.4, 0.5) is 4.39 Å². The molecule has 2 aromatic rings. The summed E-state index contributed by atoms with van der Waals surface area (Å²) in [4.78, 5) is 10.7. The van der Waals surface area contributed by atoms with Crippen LogP contribution in [0.2, 0.25) is 0 Å². The molecule has 0 bridgehead atoms. The number of aromatic carboxylic acids is 1. The van der Waals surface area contributed by atoms with Crippen LogP contribution in [0, 0.1) is 5.82 Å². The molecule has 0 amide bonds. The molecule has 0 aliphatic heterocycles. The standard InChI is InChI=1S/C14H10BrFO3/c15-12-4-2-1-3-9(12)8-19-10-5-6-11(14(17)18)13(16)7-10/h1-7H,8H2,(H,17,18). The van der Waals surface area contributed by atoms with Crippen LogP contribution in [-0.4, -0.2) is 11.1 Å². The Bertz CT molecular complexity index is 613. The highest BCUT2D eigenvalue weighted by Crippen LogP contribution is 2.21. The lowest BCUT2D eigenvalue weighted by Crippen LogP contribution is -2.02. The van der Waals surface area contributed by atoms with Crippen LogP contribution in [0.5, 0.6) is 5.75 Å². The molecule has 0 unspecified atom stereocenters. The Labute approximate surface area is 117 Å². The van der Waals surface area contributed by atoms with Crippen molar-refractivity contribution < 1.29 is 19.0 Å². The van der Waals surface area contributed by atoms with Gasteiger partial charge < -0.3 is 9.84 Å². The van der Waals surface area contributed by atoms with Crippen molar-refractivity contribution in [2.75, 3.05) is 0 Å². The molecule has 2 aromatic carbocycles. The zero-order valence-corrected chi connectivity index (χ0v) is 11.4. The van der Waals surface area contributed by atoms with E-state index in [0.717, 1.165) is 16.1 Å². The SMILES string of the molecule is O=C(O)c1ccc(OCc2ccccc2Br)cc1F. The van der Waals surface area contributed by atoms with Crippen molar-refractivity contribution in [1.82, 2.24) is 0 Å². The molecule has 0 spiro atoms. The van der Waals surface area contributed by atoms with Gasteiger partial charge in [-0.25, -0.2) is 9.18 Å². The fourth-order valence-corrected chi connectivity index (χ4v) is 1.93. The summed E-state index contributed by atoms with van der Waals surface area (Å²) in [7, 11) is 0. The van der Waals surface area contributed by atoms with Crippen LogP contribution in [-0.2, 0) is 6.61 Å². The maximum atomic E-state index is 13.4. The third-order valence-corrected chi connectivity index (χ3v) is 3.30. The smallest absolute Gasteiger partial charge is 0.338 e. The monoisotopic (exact) mass is 324 g/mol. The average Bonchev–Trinajstić information content (AvgIpc) is 2.37. The maximum Gasteiger partial charge on any atom is 0.338 e. The molecule has 0 atom stereocenters. The van der Waals surface area contributed by atoms with Gasteiger partial charge in [0.1, 0.15) is 18.2 Å². The molecule has 0 radical (unpaired) electrons. The van der Waals surface area contributed by atoms with Gasteiger partial charge in [0.05, 0.1) is 5.56 Å². The molecule has 0 saturated carbocycles. The van der Waals surface area contributed by atoms with E-state index in [9.17, 15) is 9.18 Å². The van der Waals surface area contributed by atoms with Crippen LogP contribution >= 0.6 is 15.9 Å². The Morgan fingerprint density at radius 2 is 2.00 bits per heavy atom. The summed E-state index contributed by atoms with van der Waals surface area (Å²) in [6, 6.07) is 11.2. The normalized spacial score (nSPS) is 10.2. The maximum absolute atomic E-state index is 13.4. The number of carboxylic acid groups (broad SMARTS) is 1. The topological polar surface area (TPSA) is 46.5 Å². The van der Waals surface area contributed by atoms with Crippen molar-refractivity contribution in [1.29, 1.82) is 0 Å². The number of rotatable bonds is 4. The summed E-state index contributed by atoms with van der Waals surface area (Å²) in [6.45, 7) is 0.271. The molecule has 98 valence electrons. The highest BCUT2D eigenvalue weighted by atomic mass is 79.9. The van der Waals surface area contributed by atoms with Gasteiger partial charge in [-0.15, -0.1) is 0 Å². The van der Waals surface area contributed by atoms with E-state index in [2.05, 4.69) is 15.9 Å². The Kier molecular flexibility index (Phi) is 4.16. The van der Waals surface area contributed by atoms with E-state index in [1.54, 1.807) is 0 Å². The third-order valence-electron chi connectivity index (χ3n) is 2.52. The van der Waals surface area contributed by atoms with E-state index in [1.807, 2.05) is 24.3 Å². The molecule has 19 heavy (non-hydrogen) atoms. The van der Waals surface area contributed by atoms with Crippen molar-refractivity contribution in [2.45, 2.75) is 6.61 Å². The third kappa shape index (κ3) is 3.32. The van der Waals surface area contributed by atoms with Gasteiger partial charge in [0, 0.05) is 16.1 Å². The number of hydrogen-bond donors (Lipinski definition) is 1. The fraction of sp³-hybridized carbons (Fsp3) is 0.0714. The highest BCUT2D eigenvalue weighted by molar-refractivity contribution is 9.10. The van der Waals surface area contributed by atoms with Crippen LogP contribution in [0.25, 0.3) is 0 Å². The second-order valence-electron chi connectivity index (χ2n) is 3.83. The lowest BCUT2D eigenvalue weighted by atomic mass is 10.2. The molecule has 5 heteroatoms. The first-order chi connectivity index (χ1) is 9.08. The number of carbonyl (C=O) groups is 1. The minimum atomic E-state index is -1.30. The van der Waals surface area contributed by atoms with E-state index in [0.29, 0.717) is 5.75 Å². The van der Waals surface area contributed by atoms with Crippen molar-refractivity contribution in [3.8, 4) is 5.75 Å². The molecule has 1 N–H and O–H groups in total. The lowest BCUT2D eigenvalue weighted by molar-refractivity contribution is 0.0692. The summed E-state index contributed by atoms with van der Waals surface area (Å²) in [5.74, 6) is -1.81. The first kappa shape index (κ1) is 13.5. The first-order valence-corrected chi connectivity index (χ1v) is 6.26. The predicted molar refractivity (Wildman–Crippen MR) is 71.8 cm³/mol. The van der Waals surface area contributed by atoms with Crippen LogP contribution in [0.1, 0.15) is 15.9 Å². The number of halogens is 2. The summed E-state index contributed by atoms with van der Waals surface area (Å²) >= 11 is 3.38. The van der Waals surface area contributed by atoms with Crippen molar-refractivity contribution >= 4 is 21.9 Å². The van der Waals surface area contributed by atoms with Gasteiger partial charge in [-0.3, -0.25) is 0 Å². The minimum Gasteiger partial charge on any atom is -0.489 e. The van der Waals surface area contributed by atoms with Gasteiger partial charge in [-0.05, 0) is 18.2 Å². The molecule has 0 saturated heterocycles. The van der Waals surface area contributed by atoms with Crippen LogP contribution in [0.3, 0.4) is 0 Å². The molecule has 0 heterocycles. The highest BCUT2D eigenvalue weighted by Gasteiger charge is 2.11. The van der Waals surface area contributed by atoms with Crippen molar-refractivity contribution in [3.05, 3.63) is 63.9 Å². The summed E-state index contributed by atoms with van der Waals surface area (Å²) in [5.41, 5.74) is 0.554. The first-order valence-electron chi connectivity index (χ1n) is 5.47. The Morgan fingerprint density at radius 1 is 1.26 bits per heavy atom. The Hall–Kier alpha value is -1.88. The number of ether oxygens (including phenoxy) is 1. The summed E-state index contributed by atoms with van der Waals surface area (Å²) in [5, 5.41) is 8.71. The van der Waals surface area contributed by atoms with Gasteiger partial charge in [0.25, 0.3) is 0 Å². The molecule has 0 fully saturated rings. The van der Waals surface area contributed by atoms with Gasteiger partial charge in [-0.1, -0.05) is 34.1 Å². The van der Waals surface area contributed by atoms with E-state index < -0.39 is 11.8 Å². The second-order valence-corrected chi connectivity index (χ2v) is 4.68. The van der Waals surface area contributed by atoms with Crippen LogP contribution < -0.4 is 4.74 Å². The van der Waals surface area contributed by atoms with Crippen molar-refractivity contribution in [2.24, 2.45) is 0 Å². The van der Waals surface area contributed by atoms with Crippen molar-refractivity contribution in [3.63, 3.8) is 0 Å². The zero-order valence-electron chi connectivity index (χ0n) is 9.77. The van der Waals surface area contributed by atoms with E-state index >= 15 is 0 Å². The minimum absolute atomic E-state index is 0.271. The molecule has 2 rings (SSSR count). The molecule has 3 nitrogen and oxygen atoms in total. The molecule has 0 aromatic heterocycles. The van der Waals surface area contributed by atoms with Gasteiger partial charge >= 0.3 is 5.97 Å².